The Morgan fingerprint density at radius 3 is 2.93 bits per heavy atom. The number of aromatic amines is 1. The van der Waals surface area contributed by atoms with Gasteiger partial charge in [0, 0.05) is 12.1 Å². The smallest absolute Gasteiger partial charge is 0.339 e. The SMILES string of the molecule is O=C(O)c1cc(=O)[nH]nc1NC1CC1. The lowest BCUT2D eigenvalue weighted by atomic mass is 10.3. The number of hydrogen-bond donors (Lipinski definition) is 3. The van der Waals surface area contributed by atoms with Crippen LogP contribution in [0.4, 0.5) is 5.82 Å². The van der Waals surface area contributed by atoms with Crippen molar-refractivity contribution in [3.8, 4) is 0 Å². The molecule has 0 bridgehead atoms. The van der Waals surface area contributed by atoms with E-state index in [1.807, 2.05) is 0 Å². The van der Waals surface area contributed by atoms with Gasteiger partial charge >= 0.3 is 5.97 Å². The number of nitrogens with one attached hydrogen (secondary N) is 2. The van der Waals surface area contributed by atoms with E-state index in [0.29, 0.717) is 6.04 Å². The molecule has 0 aromatic carbocycles. The first-order valence-electron chi connectivity index (χ1n) is 4.26. The molecule has 1 aromatic heterocycles. The molecule has 0 amide bonds. The molecule has 1 fully saturated rings. The second-order valence-electron chi connectivity index (χ2n) is 3.22. The summed E-state index contributed by atoms with van der Waals surface area (Å²) in [5, 5.41) is 17.6. The predicted molar refractivity (Wildman–Crippen MR) is 48.5 cm³/mol. The van der Waals surface area contributed by atoms with E-state index in [4.69, 9.17) is 5.11 Å². The summed E-state index contributed by atoms with van der Waals surface area (Å²) in [6, 6.07) is 1.33. The molecule has 1 aliphatic rings. The number of rotatable bonds is 3. The standard InChI is InChI=1S/C8H9N3O3/c12-6-3-5(8(13)14)7(11-10-6)9-4-1-2-4/h3-4H,1-2H2,(H,9,11)(H,10,12)(H,13,14). The highest BCUT2D eigenvalue weighted by Gasteiger charge is 2.24. The van der Waals surface area contributed by atoms with Gasteiger partial charge in [-0.25, -0.2) is 9.89 Å². The van der Waals surface area contributed by atoms with Gasteiger partial charge in [0.05, 0.1) is 0 Å². The fourth-order valence-corrected chi connectivity index (χ4v) is 1.10. The summed E-state index contributed by atoms with van der Waals surface area (Å²) < 4.78 is 0. The molecular weight excluding hydrogens is 186 g/mol. The topological polar surface area (TPSA) is 95.1 Å². The van der Waals surface area contributed by atoms with E-state index < -0.39 is 11.5 Å². The molecule has 0 aliphatic heterocycles. The summed E-state index contributed by atoms with van der Waals surface area (Å²) in [5.74, 6) is -0.911. The van der Waals surface area contributed by atoms with Crippen LogP contribution in [0.25, 0.3) is 0 Å². The van der Waals surface area contributed by atoms with Crippen molar-refractivity contribution in [3.05, 3.63) is 22.0 Å². The highest BCUT2D eigenvalue weighted by molar-refractivity contribution is 5.92. The maximum Gasteiger partial charge on any atom is 0.339 e. The minimum Gasteiger partial charge on any atom is -0.478 e. The van der Waals surface area contributed by atoms with E-state index in [0.717, 1.165) is 18.9 Å². The number of aromatic carboxylic acids is 1. The molecule has 2 rings (SSSR count). The molecule has 1 heterocycles. The number of hydrogen-bond acceptors (Lipinski definition) is 4. The average molecular weight is 195 g/mol. The fourth-order valence-electron chi connectivity index (χ4n) is 1.10. The Hall–Kier alpha value is -1.85. The Labute approximate surface area is 79.0 Å². The summed E-state index contributed by atoms with van der Waals surface area (Å²) in [6.07, 6.45) is 2.03. The Bertz CT molecular complexity index is 422. The van der Waals surface area contributed by atoms with Gasteiger partial charge in [-0.05, 0) is 12.8 Å². The van der Waals surface area contributed by atoms with Crippen LogP contribution in [0.1, 0.15) is 23.2 Å². The molecule has 0 saturated heterocycles. The van der Waals surface area contributed by atoms with E-state index in [9.17, 15) is 9.59 Å². The lowest BCUT2D eigenvalue weighted by Gasteiger charge is -2.04. The zero-order valence-electron chi connectivity index (χ0n) is 7.28. The maximum atomic E-state index is 10.8. The number of anilines is 1. The number of H-pyrrole nitrogens is 1. The van der Waals surface area contributed by atoms with Crippen molar-refractivity contribution < 1.29 is 9.90 Å². The molecule has 1 aromatic rings. The van der Waals surface area contributed by atoms with Gasteiger partial charge in [-0.1, -0.05) is 0 Å². The summed E-state index contributed by atoms with van der Waals surface area (Å²) in [4.78, 5) is 21.6. The van der Waals surface area contributed by atoms with E-state index in [-0.39, 0.29) is 11.4 Å². The van der Waals surface area contributed by atoms with Crippen LogP contribution in [-0.2, 0) is 0 Å². The lowest BCUT2D eigenvalue weighted by molar-refractivity contribution is 0.0697. The van der Waals surface area contributed by atoms with Crippen LogP contribution in [-0.4, -0.2) is 27.3 Å². The van der Waals surface area contributed by atoms with Crippen LogP contribution in [0.2, 0.25) is 0 Å². The molecule has 6 heteroatoms. The summed E-state index contributed by atoms with van der Waals surface area (Å²) >= 11 is 0. The summed E-state index contributed by atoms with van der Waals surface area (Å²) in [6.45, 7) is 0. The van der Waals surface area contributed by atoms with Gasteiger partial charge in [0.1, 0.15) is 5.56 Å². The zero-order chi connectivity index (χ0) is 10.1. The zero-order valence-corrected chi connectivity index (χ0v) is 7.28. The number of carboxylic acids is 1. The number of carboxylic acid groups (broad SMARTS) is 1. The van der Waals surface area contributed by atoms with Gasteiger partial charge in [0.15, 0.2) is 5.82 Å². The second-order valence-corrected chi connectivity index (χ2v) is 3.22. The van der Waals surface area contributed by atoms with Crippen LogP contribution >= 0.6 is 0 Å². The van der Waals surface area contributed by atoms with E-state index in [2.05, 4.69) is 15.5 Å². The molecule has 74 valence electrons. The van der Waals surface area contributed by atoms with Gasteiger partial charge in [0.25, 0.3) is 5.56 Å². The van der Waals surface area contributed by atoms with Crippen molar-refractivity contribution in [1.82, 2.24) is 10.2 Å². The van der Waals surface area contributed by atoms with Crippen LogP contribution < -0.4 is 10.9 Å². The van der Waals surface area contributed by atoms with E-state index >= 15 is 0 Å². The van der Waals surface area contributed by atoms with E-state index in [1.54, 1.807) is 0 Å². The quantitative estimate of drug-likeness (QED) is 0.633. The fraction of sp³-hybridized carbons (Fsp3) is 0.375. The monoisotopic (exact) mass is 195 g/mol. The van der Waals surface area contributed by atoms with Crippen molar-refractivity contribution in [2.45, 2.75) is 18.9 Å². The number of carbonyl (C=O) groups is 1. The van der Waals surface area contributed by atoms with Crippen molar-refractivity contribution in [2.75, 3.05) is 5.32 Å². The molecule has 3 N–H and O–H groups in total. The average Bonchev–Trinajstić information content (AvgIpc) is 2.91. The van der Waals surface area contributed by atoms with Crippen LogP contribution in [0.15, 0.2) is 10.9 Å². The third kappa shape index (κ3) is 1.73. The highest BCUT2D eigenvalue weighted by Crippen LogP contribution is 2.24. The van der Waals surface area contributed by atoms with Gasteiger partial charge in [0.2, 0.25) is 0 Å². The van der Waals surface area contributed by atoms with Crippen LogP contribution in [0.3, 0.4) is 0 Å². The first-order chi connectivity index (χ1) is 6.66. The van der Waals surface area contributed by atoms with Crippen molar-refractivity contribution in [2.24, 2.45) is 0 Å². The van der Waals surface area contributed by atoms with Crippen LogP contribution in [0, 0.1) is 0 Å². The molecule has 0 unspecified atom stereocenters. The Kier molecular flexibility index (Phi) is 1.95. The number of aromatic nitrogens is 2. The van der Waals surface area contributed by atoms with E-state index in [1.165, 1.54) is 0 Å². The van der Waals surface area contributed by atoms with Gasteiger partial charge in [-0.2, -0.15) is 5.10 Å². The molecule has 1 aliphatic carbocycles. The largest absolute Gasteiger partial charge is 0.478 e. The third-order valence-corrected chi connectivity index (χ3v) is 1.96. The van der Waals surface area contributed by atoms with Crippen LogP contribution in [0.5, 0.6) is 0 Å². The summed E-state index contributed by atoms with van der Waals surface area (Å²) in [7, 11) is 0. The normalized spacial score (nSPS) is 15.1. The first-order valence-corrected chi connectivity index (χ1v) is 4.26. The molecule has 0 atom stereocenters. The predicted octanol–water partition coefficient (Wildman–Crippen LogP) is 0.0424. The Morgan fingerprint density at radius 1 is 1.64 bits per heavy atom. The van der Waals surface area contributed by atoms with Crippen molar-refractivity contribution in [3.63, 3.8) is 0 Å². The molecule has 6 nitrogen and oxygen atoms in total. The maximum absolute atomic E-state index is 10.8. The Morgan fingerprint density at radius 2 is 2.36 bits per heavy atom. The summed E-state index contributed by atoms with van der Waals surface area (Å²) in [5.41, 5.74) is -0.593. The molecule has 0 spiro atoms. The van der Waals surface area contributed by atoms with Gasteiger partial charge in [-0.3, -0.25) is 4.79 Å². The minimum absolute atomic E-state index is 0.0827. The molecule has 0 radical (unpaired) electrons. The second kappa shape index (κ2) is 3.13. The lowest BCUT2D eigenvalue weighted by Crippen LogP contribution is -2.17. The molecular formula is C8H9N3O3. The molecule has 14 heavy (non-hydrogen) atoms. The minimum atomic E-state index is -1.15. The van der Waals surface area contributed by atoms with Crippen molar-refractivity contribution in [1.29, 1.82) is 0 Å². The first kappa shape index (κ1) is 8.74. The van der Waals surface area contributed by atoms with Gasteiger partial charge in [-0.15, -0.1) is 0 Å². The highest BCUT2D eigenvalue weighted by atomic mass is 16.4. The Balaban J connectivity index is 2.35. The van der Waals surface area contributed by atoms with Gasteiger partial charge < -0.3 is 10.4 Å². The third-order valence-electron chi connectivity index (χ3n) is 1.96. The van der Waals surface area contributed by atoms with Crippen molar-refractivity contribution >= 4 is 11.8 Å². The number of nitrogens with zero attached hydrogens (tertiary/aromatic N) is 1. The molecule has 1 saturated carbocycles.